The van der Waals surface area contributed by atoms with Crippen LogP contribution in [0.15, 0.2) is 0 Å². The number of ether oxygens (including phenoxy) is 2. The van der Waals surface area contributed by atoms with E-state index in [0.717, 1.165) is 25.7 Å². The van der Waals surface area contributed by atoms with Crippen molar-refractivity contribution in [3.8, 4) is 0 Å². The molecule has 0 aliphatic rings. The van der Waals surface area contributed by atoms with Crippen molar-refractivity contribution in [3.63, 3.8) is 0 Å². The Labute approximate surface area is 107 Å². The van der Waals surface area contributed by atoms with Crippen molar-refractivity contribution in [1.82, 2.24) is 0 Å². The Bertz CT molecular complexity index is 193. The SMILES string of the molecule is CCC(CC)(CC(C)(CC)C(O)COC)OC. The van der Waals surface area contributed by atoms with Crippen LogP contribution >= 0.6 is 0 Å². The van der Waals surface area contributed by atoms with Gasteiger partial charge in [0, 0.05) is 14.2 Å². The molecule has 2 atom stereocenters. The van der Waals surface area contributed by atoms with E-state index >= 15 is 0 Å². The van der Waals surface area contributed by atoms with Gasteiger partial charge in [-0.1, -0.05) is 27.7 Å². The molecule has 0 amide bonds. The van der Waals surface area contributed by atoms with Gasteiger partial charge in [-0.3, -0.25) is 0 Å². The number of hydrogen-bond acceptors (Lipinski definition) is 3. The second kappa shape index (κ2) is 7.34. The fourth-order valence-electron chi connectivity index (χ4n) is 2.43. The van der Waals surface area contributed by atoms with Crippen molar-refractivity contribution in [1.29, 1.82) is 0 Å². The van der Waals surface area contributed by atoms with Gasteiger partial charge in [-0.2, -0.15) is 0 Å². The molecule has 0 fully saturated rings. The highest BCUT2D eigenvalue weighted by Gasteiger charge is 2.40. The highest BCUT2D eigenvalue weighted by atomic mass is 16.5. The first-order valence-corrected chi connectivity index (χ1v) is 6.65. The van der Waals surface area contributed by atoms with Crippen molar-refractivity contribution in [2.75, 3.05) is 20.8 Å². The van der Waals surface area contributed by atoms with E-state index in [2.05, 4.69) is 27.7 Å². The van der Waals surface area contributed by atoms with Crippen molar-refractivity contribution >= 4 is 0 Å². The van der Waals surface area contributed by atoms with Crippen LogP contribution in [0, 0.1) is 5.41 Å². The maximum atomic E-state index is 10.2. The molecule has 2 unspecified atom stereocenters. The van der Waals surface area contributed by atoms with Crippen LogP contribution in [0.25, 0.3) is 0 Å². The third kappa shape index (κ3) is 4.23. The molecule has 0 radical (unpaired) electrons. The predicted molar refractivity (Wildman–Crippen MR) is 71.2 cm³/mol. The zero-order valence-corrected chi connectivity index (χ0v) is 12.4. The van der Waals surface area contributed by atoms with Crippen molar-refractivity contribution in [3.05, 3.63) is 0 Å². The normalized spacial score (nSPS) is 17.8. The highest BCUT2D eigenvalue weighted by molar-refractivity contribution is 4.91. The van der Waals surface area contributed by atoms with Gasteiger partial charge in [0.15, 0.2) is 0 Å². The first-order valence-electron chi connectivity index (χ1n) is 6.65. The third-order valence-electron chi connectivity index (χ3n) is 4.38. The average Bonchev–Trinajstić information content (AvgIpc) is 2.36. The molecule has 3 nitrogen and oxygen atoms in total. The number of hydrogen-bond donors (Lipinski definition) is 1. The molecule has 0 aliphatic heterocycles. The molecular formula is C14H30O3. The molecule has 0 aromatic carbocycles. The van der Waals surface area contributed by atoms with E-state index in [4.69, 9.17) is 9.47 Å². The Morgan fingerprint density at radius 3 is 1.88 bits per heavy atom. The lowest BCUT2D eigenvalue weighted by molar-refractivity contribution is -0.0971. The first kappa shape index (κ1) is 16.9. The van der Waals surface area contributed by atoms with Gasteiger partial charge < -0.3 is 14.6 Å². The van der Waals surface area contributed by atoms with Crippen molar-refractivity contribution in [2.45, 2.75) is 65.1 Å². The van der Waals surface area contributed by atoms with Gasteiger partial charge in [-0.05, 0) is 31.1 Å². The highest BCUT2D eigenvalue weighted by Crippen LogP contribution is 2.39. The number of aliphatic hydroxyl groups is 1. The molecule has 0 spiro atoms. The number of aliphatic hydroxyl groups excluding tert-OH is 1. The molecule has 0 rings (SSSR count). The lowest BCUT2D eigenvalue weighted by Crippen LogP contribution is -2.44. The van der Waals surface area contributed by atoms with E-state index in [1.54, 1.807) is 14.2 Å². The second-order valence-corrected chi connectivity index (χ2v) is 5.25. The second-order valence-electron chi connectivity index (χ2n) is 5.25. The molecule has 104 valence electrons. The summed E-state index contributed by atoms with van der Waals surface area (Å²) in [6.45, 7) is 8.91. The van der Waals surface area contributed by atoms with E-state index in [9.17, 15) is 5.11 Å². The average molecular weight is 246 g/mol. The molecule has 0 heterocycles. The molecule has 1 N–H and O–H groups in total. The topological polar surface area (TPSA) is 38.7 Å². The monoisotopic (exact) mass is 246 g/mol. The fraction of sp³-hybridized carbons (Fsp3) is 1.00. The number of methoxy groups -OCH3 is 2. The zero-order valence-electron chi connectivity index (χ0n) is 12.4. The van der Waals surface area contributed by atoms with Gasteiger partial charge in [-0.25, -0.2) is 0 Å². The molecule has 0 bridgehead atoms. The molecule has 0 aromatic rings. The van der Waals surface area contributed by atoms with E-state index in [1.807, 2.05) is 0 Å². The van der Waals surface area contributed by atoms with Gasteiger partial charge in [0.05, 0.1) is 18.3 Å². The molecule has 17 heavy (non-hydrogen) atoms. The summed E-state index contributed by atoms with van der Waals surface area (Å²) in [4.78, 5) is 0. The Morgan fingerprint density at radius 2 is 1.59 bits per heavy atom. The van der Waals surface area contributed by atoms with Crippen LogP contribution in [0.1, 0.15) is 53.4 Å². The summed E-state index contributed by atoms with van der Waals surface area (Å²) in [5, 5.41) is 10.2. The quantitative estimate of drug-likeness (QED) is 0.679. The van der Waals surface area contributed by atoms with E-state index < -0.39 is 6.10 Å². The lowest BCUT2D eigenvalue weighted by Gasteiger charge is -2.42. The summed E-state index contributed by atoms with van der Waals surface area (Å²) in [5.74, 6) is 0. The Hall–Kier alpha value is -0.120. The standard InChI is InChI=1S/C14H30O3/c1-7-13(4,12(15)10-16-5)11-14(8-2,9-3)17-6/h12,15H,7-11H2,1-6H3. The van der Waals surface area contributed by atoms with Gasteiger partial charge in [0.2, 0.25) is 0 Å². The molecule has 0 saturated heterocycles. The smallest absolute Gasteiger partial charge is 0.0827 e. The maximum Gasteiger partial charge on any atom is 0.0827 e. The van der Waals surface area contributed by atoms with Crippen LogP contribution < -0.4 is 0 Å². The number of rotatable bonds is 9. The van der Waals surface area contributed by atoms with E-state index in [-0.39, 0.29) is 11.0 Å². The summed E-state index contributed by atoms with van der Waals surface area (Å²) in [6, 6.07) is 0. The maximum absolute atomic E-state index is 10.2. The minimum absolute atomic E-state index is 0.126. The molecule has 0 aromatic heterocycles. The minimum Gasteiger partial charge on any atom is -0.390 e. The molecule has 0 aliphatic carbocycles. The molecule has 0 saturated carbocycles. The fourth-order valence-corrected chi connectivity index (χ4v) is 2.43. The molecule has 3 heteroatoms. The van der Waals surface area contributed by atoms with Gasteiger partial charge >= 0.3 is 0 Å². The Kier molecular flexibility index (Phi) is 7.29. The van der Waals surface area contributed by atoms with Crippen LogP contribution in [-0.4, -0.2) is 37.6 Å². The lowest BCUT2D eigenvalue weighted by atomic mass is 9.71. The van der Waals surface area contributed by atoms with Gasteiger partial charge in [0.25, 0.3) is 0 Å². The van der Waals surface area contributed by atoms with Crippen LogP contribution in [0.2, 0.25) is 0 Å². The summed E-state index contributed by atoms with van der Waals surface area (Å²) in [7, 11) is 3.40. The largest absolute Gasteiger partial charge is 0.390 e. The zero-order chi connectivity index (χ0) is 13.5. The molecular weight excluding hydrogens is 216 g/mol. The van der Waals surface area contributed by atoms with Crippen LogP contribution in [-0.2, 0) is 9.47 Å². The first-order chi connectivity index (χ1) is 7.93. The van der Waals surface area contributed by atoms with E-state index in [1.165, 1.54) is 0 Å². The van der Waals surface area contributed by atoms with Crippen LogP contribution in [0.3, 0.4) is 0 Å². The van der Waals surface area contributed by atoms with Crippen LogP contribution in [0.5, 0.6) is 0 Å². The summed E-state index contributed by atoms with van der Waals surface area (Å²) >= 11 is 0. The third-order valence-corrected chi connectivity index (χ3v) is 4.38. The van der Waals surface area contributed by atoms with Gasteiger partial charge in [-0.15, -0.1) is 0 Å². The Balaban J connectivity index is 4.86. The summed E-state index contributed by atoms with van der Waals surface area (Å²) < 4.78 is 10.8. The summed E-state index contributed by atoms with van der Waals surface area (Å²) in [5.41, 5.74) is -0.280. The predicted octanol–water partition coefficient (Wildman–Crippen LogP) is 3.01. The minimum atomic E-state index is -0.440. The van der Waals surface area contributed by atoms with Crippen molar-refractivity contribution in [2.24, 2.45) is 5.41 Å². The van der Waals surface area contributed by atoms with E-state index in [0.29, 0.717) is 6.61 Å². The summed E-state index contributed by atoms with van der Waals surface area (Å²) in [6.07, 6.45) is 3.28. The van der Waals surface area contributed by atoms with Crippen molar-refractivity contribution < 1.29 is 14.6 Å². The van der Waals surface area contributed by atoms with Crippen LogP contribution in [0.4, 0.5) is 0 Å². The van der Waals surface area contributed by atoms with Gasteiger partial charge in [0.1, 0.15) is 0 Å². The Morgan fingerprint density at radius 1 is 1.06 bits per heavy atom.